The SMILES string of the molecule is CC(C)c1ccc(SCC(=O)NC2CC(C(=O)O)C2)cc1. The van der Waals surface area contributed by atoms with E-state index in [-0.39, 0.29) is 17.9 Å². The summed E-state index contributed by atoms with van der Waals surface area (Å²) in [6, 6.07) is 8.29. The van der Waals surface area contributed by atoms with Gasteiger partial charge in [0, 0.05) is 10.9 Å². The first kappa shape index (κ1) is 15.9. The molecule has 1 aliphatic rings. The van der Waals surface area contributed by atoms with E-state index in [1.165, 1.54) is 17.3 Å². The van der Waals surface area contributed by atoms with Crippen LogP contribution in [0.2, 0.25) is 0 Å². The number of rotatable bonds is 6. The first-order chi connectivity index (χ1) is 9.95. The third kappa shape index (κ3) is 4.49. The average molecular weight is 307 g/mol. The predicted octanol–water partition coefficient (Wildman–Crippen LogP) is 2.88. The van der Waals surface area contributed by atoms with Crippen molar-refractivity contribution in [2.24, 2.45) is 5.92 Å². The van der Waals surface area contributed by atoms with Gasteiger partial charge >= 0.3 is 5.97 Å². The first-order valence-electron chi connectivity index (χ1n) is 7.20. The van der Waals surface area contributed by atoms with E-state index in [1.54, 1.807) is 0 Å². The van der Waals surface area contributed by atoms with Crippen LogP contribution in [0.5, 0.6) is 0 Å². The molecule has 114 valence electrons. The molecule has 1 aromatic rings. The van der Waals surface area contributed by atoms with Crippen molar-refractivity contribution in [3.8, 4) is 0 Å². The summed E-state index contributed by atoms with van der Waals surface area (Å²) in [5.74, 6) is -0.198. The van der Waals surface area contributed by atoms with Crippen molar-refractivity contribution in [1.29, 1.82) is 0 Å². The van der Waals surface area contributed by atoms with Gasteiger partial charge in [0.15, 0.2) is 0 Å². The molecule has 1 aliphatic carbocycles. The fourth-order valence-corrected chi connectivity index (χ4v) is 3.01. The van der Waals surface area contributed by atoms with Gasteiger partial charge in [-0.05, 0) is 36.5 Å². The molecule has 0 heterocycles. The Morgan fingerprint density at radius 2 is 1.90 bits per heavy atom. The number of amides is 1. The third-order valence-corrected chi connectivity index (χ3v) is 4.78. The van der Waals surface area contributed by atoms with E-state index in [0.29, 0.717) is 24.5 Å². The van der Waals surface area contributed by atoms with Gasteiger partial charge in [-0.25, -0.2) is 0 Å². The molecule has 1 aromatic carbocycles. The Labute approximate surface area is 129 Å². The Hall–Kier alpha value is -1.49. The summed E-state index contributed by atoms with van der Waals surface area (Å²) < 4.78 is 0. The zero-order valence-electron chi connectivity index (χ0n) is 12.3. The van der Waals surface area contributed by atoms with Crippen molar-refractivity contribution in [1.82, 2.24) is 5.32 Å². The number of carbonyl (C=O) groups is 2. The van der Waals surface area contributed by atoms with E-state index in [0.717, 1.165) is 4.90 Å². The molecule has 1 fully saturated rings. The second-order valence-electron chi connectivity index (χ2n) is 5.78. The number of benzene rings is 1. The Bertz CT molecular complexity index is 507. The lowest BCUT2D eigenvalue weighted by atomic mass is 9.80. The van der Waals surface area contributed by atoms with E-state index in [9.17, 15) is 9.59 Å². The minimum atomic E-state index is -0.764. The van der Waals surface area contributed by atoms with Gasteiger partial charge in [-0.3, -0.25) is 9.59 Å². The molecule has 5 heteroatoms. The Morgan fingerprint density at radius 3 is 2.43 bits per heavy atom. The molecular formula is C16H21NO3S. The molecule has 0 atom stereocenters. The second-order valence-corrected chi connectivity index (χ2v) is 6.83. The molecule has 0 radical (unpaired) electrons. The molecule has 2 N–H and O–H groups in total. The topological polar surface area (TPSA) is 66.4 Å². The quantitative estimate of drug-likeness (QED) is 0.793. The van der Waals surface area contributed by atoms with Crippen molar-refractivity contribution < 1.29 is 14.7 Å². The molecule has 1 amide bonds. The van der Waals surface area contributed by atoms with Crippen molar-refractivity contribution in [2.45, 2.75) is 43.5 Å². The van der Waals surface area contributed by atoms with Gasteiger partial charge in [-0.15, -0.1) is 11.8 Å². The van der Waals surface area contributed by atoms with Gasteiger partial charge in [-0.1, -0.05) is 26.0 Å². The van der Waals surface area contributed by atoms with E-state index in [4.69, 9.17) is 5.11 Å². The number of carbonyl (C=O) groups excluding carboxylic acids is 1. The van der Waals surface area contributed by atoms with Crippen LogP contribution in [0.3, 0.4) is 0 Å². The lowest BCUT2D eigenvalue weighted by Crippen LogP contribution is -2.47. The lowest BCUT2D eigenvalue weighted by molar-refractivity contribution is -0.146. The van der Waals surface area contributed by atoms with Crippen LogP contribution in [0, 0.1) is 5.92 Å². The van der Waals surface area contributed by atoms with Crippen LogP contribution in [-0.4, -0.2) is 28.8 Å². The molecule has 0 bridgehead atoms. The Balaban J connectivity index is 1.71. The van der Waals surface area contributed by atoms with Crippen molar-refractivity contribution in [3.05, 3.63) is 29.8 Å². The molecule has 1 saturated carbocycles. The summed E-state index contributed by atoms with van der Waals surface area (Å²) in [7, 11) is 0. The average Bonchev–Trinajstić information content (AvgIpc) is 2.40. The minimum absolute atomic E-state index is 0.0261. The molecule has 21 heavy (non-hydrogen) atoms. The fourth-order valence-electron chi connectivity index (χ4n) is 2.30. The molecular weight excluding hydrogens is 286 g/mol. The van der Waals surface area contributed by atoms with Gasteiger partial charge in [-0.2, -0.15) is 0 Å². The Kier molecular flexibility index (Phi) is 5.28. The summed E-state index contributed by atoms with van der Waals surface area (Å²) in [5, 5.41) is 11.7. The van der Waals surface area contributed by atoms with Crippen LogP contribution in [0.4, 0.5) is 0 Å². The molecule has 0 saturated heterocycles. The number of aliphatic carboxylic acids is 1. The number of hydrogen-bond donors (Lipinski definition) is 2. The van der Waals surface area contributed by atoms with Crippen molar-refractivity contribution in [3.63, 3.8) is 0 Å². The summed E-state index contributed by atoms with van der Waals surface area (Å²) in [5.41, 5.74) is 1.29. The monoisotopic (exact) mass is 307 g/mol. The molecule has 0 aliphatic heterocycles. The van der Waals surface area contributed by atoms with Gasteiger partial charge in [0.2, 0.25) is 5.91 Å². The summed E-state index contributed by atoms with van der Waals surface area (Å²) in [6.45, 7) is 4.30. The predicted molar refractivity (Wildman–Crippen MR) is 83.5 cm³/mol. The zero-order valence-corrected chi connectivity index (χ0v) is 13.2. The maximum Gasteiger partial charge on any atom is 0.306 e. The number of hydrogen-bond acceptors (Lipinski definition) is 3. The van der Waals surface area contributed by atoms with Gasteiger partial charge in [0.05, 0.1) is 11.7 Å². The van der Waals surface area contributed by atoms with Gasteiger partial charge in [0.25, 0.3) is 0 Å². The highest BCUT2D eigenvalue weighted by molar-refractivity contribution is 8.00. The largest absolute Gasteiger partial charge is 0.481 e. The van der Waals surface area contributed by atoms with Crippen LogP contribution in [-0.2, 0) is 9.59 Å². The normalized spacial score (nSPS) is 20.9. The maximum absolute atomic E-state index is 11.8. The molecule has 4 nitrogen and oxygen atoms in total. The van der Waals surface area contributed by atoms with E-state index >= 15 is 0 Å². The molecule has 0 aromatic heterocycles. The fraction of sp³-hybridized carbons (Fsp3) is 0.500. The summed E-state index contributed by atoms with van der Waals surface area (Å²) in [4.78, 5) is 23.5. The molecule has 0 unspecified atom stereocenters. The number of nitrogens with one attached hydrogen (secondary N) is 1. The number of carboxylic acids is 1. The first-order valence-corrected chi connectivity index (χ1v) is 8.19. The zero-order chi connectivity index (χ0) is 15.4. The van der Waals surface area contributed by atoms with Crippen LogP contribution < -0.4 is 5.32 Å². The van der Waals surface area contributed by atoms with E-state index in [2.05, 4.69) is 31.3 Å². The van der Waals surface area contributed by atoms with Crippen LogP contribution >= 0.6 is 11.8 Å². The van der Waals surface area contributed by atoms with Crippen LogP contribution in [0.25, 0.3) is 0 Å². The van der Waals surface area contributed by atoms with Crippen LogP contribution in [0.1, 0.15) is 38.2 Å². The van der Waals surface area contributed by atoms with E-state index < -0.39 is 5.97 Å². The highest BCUT2D eigenvalue weighted by Gasteiger charge is 2.35. The molecule has 2 rings (SSSR count). The highest BCUT2D eigenvalue weighted by Crippen LogP contribution is 2.28. The maximum atomic E-state index is 11.8. The number of thioether (sulfide) groups is 1. The Morgan fingerprint density at radius 1 is 1.29 bits per heavy atom. The minimum Gasteiger partial charge on any atom is -0.481 e. The standard InChI is InChI=1S/C16H21NO3S/c1-10(2)11-3-5-14(6-4-11)21-9-15(18)17-13-7-12(8-13)16(19)20/h3-6,10,12-13H,7-9H2,1-2H3,(H,17,18)(H,19,20). The summed E-state index contributed by atoms with van der Waals surface area (Å²) in [6.07, 6.45) is 1.10. The highest BCUT2D eigenvalue weighted by atomic mass is 32.2. The second kappa shape index (κ2) is 6.98. The third-order valence-electron chi connectivity index (χ3n) is 3.77. The van der Waals surface area contributed by atoms with Crippen molar-refractivity contribution >= 4 is 23.6 Å². The molecule has 0 spiro atoms. The number of carboxylic acid groups (broad SMARTS) is 1. The summed E-state index contributed by atoms with van der Waals surface area (Å²) >= 11 is 1.50. The van der Waals surface area contributed by atoms with Crippen LogP contribution in [0.15, 0.2) is 29.2 Å². The van der Waals surface area contributed by atoms with Gasteiger partial charge in [0.1, 0.15) is 0 Å². The smallest absolute Gasteiger partial charge is 0.306 e. The van der Waals surface area contributed by atoms with Gasteiger partial charge < -0.3 is 10.4 Å². The van der Waals surface area contributed by atoms with E-state index in [1.807, 2.05) is 12.1 Å². The van der Waals surface area contributed by atoms with Crippen molar-refractivity contribution in [2.75, 3.05) is 5.75 Å². The lowest BCUT2D eigenvalue weighted by Gasteiger charge is -2.32.